The molecule has 3 aromatic rings. The van der Waals surface area contributed by atoms with Crippen molar-refractivity contribution in [2.45, 2.75) is 31.6 Å². The fraction of sp³-hybridized carbons (Fsp3) is 0.250. The number of pyridine rings is 1. The molecule has 23 heavy (non-hydrogen) atoms. The van der Waals surface area contributed by atoms with Gasteiger partial charge in [0.25, 0.3) is 0 Å². The first-order valence-corrected chi connectivity index (χ1v) is 9.29. The Kier molecular flexibility index (Phi) is 4.19. The highest BCUT2D eigenvalue weighted by atomic mass is 35.5. The lowest BCUT2D eigenvalue weighted by Crippen LogP contribution is -1.99. The molecule has 1 atom stereocenters. The molecule has 116 valence electrons. The highest BCUT2D eigenvalue weighted by Crippen LogP contribution is 2.42. The van der Waals surface area contributed by atoms with Crippen LogP contribution in [-0.2, 0) is 6.42 Å². The molecule has 3 heteroatoms. The summed E-state index contributed by atoms with van der Waals surface area (Å²) in [5.41, 5.74) is 4.17. The molecule has 1 aromatic carbocycles. The van der Waals surface area contributed by atoms with Gasteiger partial charge in [0.2, 0.25) is 0 Å². The molecule has 1 aliphatic rings. The third-order valence-corrected chi connectivity index (χ3v) is 6.11. The zero-order valence-corrected chi connectivity index (χ0v) is 14.4. The lowest BCUT2D eigenvalue weighted by Gasteiger charge is -2.15. The largest absolute Gasteiger partial charge is 0.265 e. The summed E-state index contributed by atoms with van der Waals surface area (Å²) in [6.07, 6.45) is 8.75. The van der Waals surface area contributed by atoms with Crippen molar-refractivity contribution in [1.29, 1.82) is 0 Å². The minimum atomic E-state index is 0.497. The van der Waals surface area contributed by atoms with Gasteiger partial charge in [-0.05, 0) is 66.3 Å². The van der Waals surface area contributed by atoms with E-state index in [-0.39, 0.29) is 0 Å². The average molecular weight is 340 g/mol. The Morgan fingerprint density at radius 2 is 1.78 bits per heavy atom. The van der Waals surface area contributed by atoms with E-state index in [1.54, 1.807) is 4.88 Å². The van der Waals surface area contributed by atoms with E-state index in [0.29, 0.717) is 5.92 Å². The zero-order valence-electron chi connectivity index (χ0n) is 12.8. The first-order chi connectivity index (χ1) is 11.3. The van der Waals surface area contributed by atoms with Crippen molar-refractivity contribution in [3.05, 3.63) is 75.9 Å². The van der Waals surface area contributed by atoms with Gasteiger partial charge in [0.15, 0.2) is 0 Å². The van der Waals surface area contributed by atoms with Crippen molar-refractivity contribution < 1.29 is 0 Å². The zero-order chi connectivity index (χ0) is 15.6. The highest BCUT2D eigenvalue weighted by molar-refractivity contribution is 7.15. The predicted octanol–water partition coefficient (Wildman–Crippen LogP) is 6.32. The van der Waals surface area contributed by atoms with Crippen molar-refractivity contribution in [1.82, 2.24) is 4.98 Å². The second-order valence-electron chi connectivity index (χ2n) is 6.07. The second-order valence-corrected chi connectivity index (χ2v) is 7.65. The van der Waals surface area contributed by atoms with Gasteiger partial charge in [0.1, 0.15) is 0 Å². The summed E-state index contributed by atoms with van der Waals surface area (Å²) in [7, 11) is 0. The topological polar surface area (TPSA) is 12.9 Å². The average Bonchev–Trinajstić information content (AvgIpc) is 2.91. The van der Waals surface area contributed by atoms with Gasteiger partial charge >= 0.3 is 0 Å². The number of hydrogen-bond acceptors (Lipinski definition) is 2. The smallest absolute Gasteiger partial charge is 0.0406 e. The molecule has 0 spiro atoms. The number of aryl methyl sites for hydroxylation is 1. The maximum absolute atomic E-state index is 6.06. The quantitative estimate of drug-likeness (QED) is 0.498. The van der Waals surface area contributed by atoms with E-state index in [2.05, 4.69) is 35.3 Å². The molecule has 1 nitrogen and oxygen atoms in total. The van der Waals surface area contributed by atoms with Crippen molar-refractivity contribution in [3.8, 4) is 10.4 Å². The standard InChI is InChI=1S/C20H18ClNS/c21-16-7-5-14(6-8-16)17-3-1-2-4-19-18(17)13-20(23-19)15-9-11-22-12-10-15/h5-13,17H,1-4H2. The molecule has 0 amide bonds. The van der Waals surface area contributed by atoms with E-state index in [0.717, 1.165) is 5.02 Å². The predicted molar refractivity (Wildman–Crippen MR) is 98.4 cm³/mol. The maximum atomic E-state index is 6.06. The SMILES string of the molecule is Clc1ccc(C2CCCCc3sc(-c4ccncc4)cc32)cc1. The van der Waals surface area contributed by atoms with Gasteiger partial charge in [0.05, 0.1) is 0 Å². The molecule has 0 saturated heterocycles. The molecule has 0 fully saturated rings. The summed E-state index contributed by atoms with van der Waals surface area (Å²) in [6.45, 7) is 0. The Morgan fingerprint density at radius 3 is 2.57 bits per heavy atom. The molecule has 0 radical (unpaired) electrons. The Balaban J connectivity index is 1.77. The van der Waals surface area contributed by atoms with Crippen LogP contribution in [0.3, 0.4) is 0 Å². The number of rotatable bonds is 2. The Hall–Kier alpha value is -1.64. The molecule has 1 unspecified atom stereocenters. The van der Waals surface area contributed by atoms with Crippen LogP contribution in [-0.4, -0.2) is 4.98 Å². The van der Waals surface area contributed by atoms with Gasteiger partial charge in [0, 0.05) is 33.1 Å². The Bertz CT molecular complexity index is 792. The number of aromatic nitrogens is 1. The number of thiophene rings is 1. The van der Waals surface area contributed by atoms with Gasteiger partial charge in [-0.25, -0.2) is 0 Å². The van der Waals surface area contributed by atoms with Crippen molar-refractivity contribution in [3.63, 3.8) is 0 Å². The van der Waals surface area contributed by atoms with E-state index >= 15 is 0 Å². The summed E-state index contributed by atoms with van der Waals surface area (Å²) >= 11 is 8.01. The van der Waals surface area contributed by atoms with Gasteiger partial charge in [-0.15, -0.1) is 11.3 Å². The molecule has 2 aromatic heterocycles. The van der Waals surface area contributed by atoms with Crippen molar-refractivity contribution >= 4 is 22.9 Å². The summed E-state index contributed by atoms with van der Waals surface area (Å²) < 4.78 is 0. The maximum Gasteiger partial charge on any atom is 0.0406 e. The number of nitrogens with zero attached hydrogens (tertiary/aromatic N) is 1. The first kappa shape index (κ1) is 14.9. The summed E-state index contributed by atoms with van der Waals surface area (Å²) in [4.78, 5) is 7.04. The number of hydrogen-bond donors (Lipinski definition) is 0. The van der Waals surface area contributed by atoms with E-state index in [9.17, 15) is 0 Å². The molecule has 0 aliphatic heterocycles. The third kappa shape index (κ3) is 3.06. The third-order valence-electron chi connectivity index (χ3n) is 4.60. The highest BCUT2D eigenvalue weighted by Gasteiger charge is 2.23. The molecule has 2 heterocycles. The molecule has 0 saturated carbocycles. The van der Waals surface area contributed by atoms with Crippen LogP contribution < -0.4 is 0 Å². The van der Waals surface area contributed by atoms with Crippen molar-refractivity contribution in [2.24, 2.45) is 0 Å². The number of fused-ring (bicyclic) bond motifs is 1. The second kappa shape index (κ2) is 6.46. The lowest BCUT2D eigenvalue weighted by atomic mass is 9.89. The van der Waals surface area contributed by atoms with Crippen LogP contribution in [0.25, 0.3) is 10.4 Å². The van der Waals surface area contributed by atoms with Crippen molar-refractivity contribution in [2.75, 3.05) is 0 Å². The fourth-order valence-corrected chi connectivity index (χ4v) is 4.82. The van der Waals surface area contributed by atoms with Crippen LogP contribution >= 0.6 is 22.9 Å². The van der Waals surface area contributed by atoms with Crippen LogP contribution in [0.2, 0.25) is 5.02 Å². The fourth-order valence-electron chi connectivity index (χ4n) is 3.42. The summed E-state index contributed by atoms with van der Waals surface area (Å²) in [5.74, 6) is 0.497. The first-order valence-electron chi connectivity index (χ1n) is 8.10. The number of halogens is 1. The van der Waals surface area contributed by atoms with E-state index < -0.39 is 0 Å². The van der Waals surface area contributed by atoms with E-state index in [1.165, 1.54) is 47.3 Å². The molecule has 1 aliphatic carbocycles. The summed E-state index contributed by atoms with van der Waals surface area (Å²) in [6, 6.07) is 15.0. The Labute approximate surface area is 146 Å². The van der Waals surface area contributed by atoms with Crippen LogP contribution in [0, 0.1) is 0 Å². The summed E-state index contributed by atoms with van der Waals surface area (Å²) in [5, 5.41) is 0.811. The molecule has 4 rings (SSSR count). The molecular formula is C20H18ClNS. The number of benzene rings is 1. The molecular weight excluding hydrogens is 322 g/mol. The van der Waals surface area contributed by atoms with E-state index in [4.69, 9.17) is 11.6 Å². The monoisotopic (exact) mass is 339 g/mol. The van der Waals surface area contributed by atoms with Gasteiger partial charge in [-0.1, -0.05) is 30.2 Å². The van der Waals surface area contributed by atoms with E-state index in [1.807, 2.05) is 35.9 Å². The minimum Gasteiger partial charge on any atom is -0.265 e. The van der Waals surface area contributed by atoms with Crippen LogP contribution in [0.4, 0.5) is 0 Å². The normalized spacial score (nSPS) is 17.5. The van der Waals surface area contributed by atoms with Crippen LogP contribution in [0.1, 0.15) is 41.2 Å². The van der Waals surface area contributed by atoms with Gasteiger partial charge in [-0.3, -0.25) is 4.98 Å². The van der Waals surface area contributed by atoms with Gasteiger partial charge in [-0.2, -0.15) is 0 Å². The Morgan fingerprint density at radius 1 is 1.00 bits per heavy atom. The van der Waals surface area contributed by atoms with Gasteiger partial charge < -0.3 is 0 Å². The molecule has 0 N–H and O–H groups in total. The lowest BCUT2D eigenvalue weighted by molar-refractivity contribution is 0.658. The van der Waals surface area contributed by atoms with Crippen LogP contribution in [0.5, 0.6) is 0 Å². The minimum absolute atomic E-state index is 0.497. The molecule has 0 bridgehead atoms. The van der Waals surface area contributed by atoms with Crippen LogP contribution in [0.15, 0.2) is 54.9 Å².